The van der Waals surface area contributed by atoms with E-state index < -0.39 is 30.5 Å². The third-order valence-electron chi connectivity index (χ3n) is 13.6. The summed E-state index contributed by atoms with van der Waals surface area (Å²) in [6.45, 7) is 10.9. The van der Waals surface area contributed by atoms with E-state index in [2.05, 4.69) is 28.2 Å². The van der Waals surface area contributed by atoms with Crippen LogP contribution in [0.2, 0.25) is 0 Å². The maximum atomic E-state index is 15.9. The van der Waals surface area contributed by atoms with Crippen molar-refractivity contribution in [2.75, 3.05) is 59.2 Å². The fourth-order valence-corrected chi connectivity index (χ4v) is 10.5. The number of hydrogen-bond acceptors (Lipinski definition) is 10. The number of amides is 1. The Hall–Kier alpha value is -1.49. The maximum absolute atomic E-state index is 15.9. The number of likely N-dealkylation sites (tertiary alicyclic amines) is 2. The first-order valence-corrected chi connectivity index (χ1v) is 21.3. The molecular formula is C40H68F2N5O7+. The number of hydrogen-bond donors (Lipinski definition) is 4. The number of aliphatic hydroxyl groups excluding tert-OH is 1. The number of allylic oxidation sites excluding steroid dienone is 1. The molecule has 0 aromatic heterocycles. The summed E-state index contributed by atoms with van der Waals surface area (Å²) in [7, 11) is 0. The number of alkyl halides is 1. The molecule has 14 heteroatoms. The van der Waals surface area contributed by atoms with Crippen molar-refractivity contribution in [2.45, 2.75) is 164 Å². The van der Waals surface area contributed by atoms with E-state index in [-0.39, 0.29) is 66.1 Å². The Morgan fingerprint density at radius 3 is 2.52 bits per heavy atom. The van der Waals surface area contributed by atoms with Crippen LogP contribution in [0.1, 0.15) is 97.3 Å². The summed E-state index contributed by atoms with van der Waals surface area (Å²) in [5.74, 6) is -1.09. The summed E-state index contributed by atoms with van der Waals surface area (Å²) in [4.78, 5) is 18.3. The minimum absolute atomic E-state index is 0.00173. The molecule has 0 radical (unpaired) electrons. The van der Waals surface area contributed by atoms with E-state index in [9.17, 15) is 14.3 Å². The molecule has 4 saturated heterocycles. The SMILES string of the molecule is CCOC1CCN(C2CCC(F)CC2)C(O)C1C(=O)NC1CCC(OC2CCNC3CC(OCCCN4CCC(C)([NH3+])CC4)C4OCCOC4C32)=C(F)C1. The zero-order valence-electron chi connectivity index (χ0n) is 32.7. The zero-order valence-corrected chi connectivity index (χ0v) is 32.7. The minimum Gasteiger partial charge on any atom is -0.492 e. The van der Waals surface area contributed by atoms with E-state index >= 15 is 4.39 Å². The molecule has 0 aromatic rings. The smallest absolute Gasteiger partial charge is 0.230 e. The lowest BCUT2D eigenvalue weighted by atomic mass is 9.72. The second-order valence-corrected chi connectivity index (χ2v) is 17.5. The summed E-state index contributed by atoms with van der Waals surface area (Å²) in [6, 6.07) is -0.263. The van der Waals surface area contributed by atoms with E-state index in [0.29, 0.717) is 83.7 Å². The molecule has 10 atom stereocenters. The number of rotatable bonds is 12. The summed E-state index contributed by atoms with van der Waals surface area (Å²) in [5, 5.41) is 18.2. The number of fused-ring (bicyclic) bond motifs is 3. The average Bonchev–Trinajstić information content (AvgIpc) is 3.15. The van der Waals surface area contributed by atoms with E-state index in [0.717, 1.165) is 58.3 Å². The Morgan fingerprint density at radius 1 is 1.02 bits per heavy atom. The molecule has 7 rings (SSSR count). The molecule has 0 bridgehead atoms. The van der Waals surface area contributed by atoms with Crippen molar-refractivity contribution in [3.8, 4) is 0 Å². The van der Waals surface area contributed by atoms with Crippen molar-refractivity contribution in [3.05, 3.63) is 11.6 Å². The number of piperidine rings is 3. The standard InChI is InChI=1S/C40H67F2N5O7/c1-3-50-31-12-17-47(27-8-5-25(41)6-9-27)39(49)35(31)38(48)45-26-7-10-30(28(42)23-26)54-32-11-15-44-29-24-33(36-37(34(29)32)53-22-21-52-36)51-20-4-16-46-18-13-40(2,43)14-19-46/h25-27,29,31-37,39,44,49H,3-24,43H2,1-2H3,(H,45,48)/p+1. The van der Waals surface area contributed by atoms with E-state index in [1.165, 1.54) is 0 Å². The summed E-state index contributed by atoms with van der Waals surface area (Å²) in [5.41, 5.74) is 4.54. The lowest BCUT2D eigenvalue weighted by Crippen LogP contribution is -2.73. The first-order chi connectivity index (χ1) is 26.1. The van der Waals surface area contributed by atoms with Gasteiger partial charge in [0, 0.05) is 89.1 Å². The third-order valence-corrected chi connectivity index (χ3v) is 13.6. The van der Waals surface area contributed by atoms with Crippen LogP contribution in [0.25, 0.3) is 0 Å². The third kappa shape index (κ3) is 9.61. The van der Waals surface area contributed by atoms with Gasteiger partial charge >= 0.3 is 0 Å². The molecule has 12 nitrogen and oxygen atoms in total. The topological polar surface area (TPSA) is 142 Å². The van der Waals surface area contributed by atoms with Crippen LogP contribution in [0, 0.1) is 11.8 Å². The molecule has 6 fully saturated rings. The molecule has 54 heavy (non-hydrogen) atoms. The van der Waals surface area contributed by atoms with E-state index in [1.807, 2.05) is 11.8 Å². The molecule has 1 amide bonds. The lowest BCUT2D eigenvalue weighted by Gasteiger charge is -2.52. The molecule has 0 aromatic carbocycles. The molecule has 4 aliphatic heterocycles. The molecular weight excluding hydrogens is 700 g/mol. The van der Waals surface area contributed by atoms with Gasteiger partial charge in [-0.3, -0.25) is 9.69 Å². The van der Waals surface area contributed by atoms with Gasteiger partial charge in [0.25, 0.3) is 0 Å². The highest BCUT2D eigenvalue weighted by molar-refractivity contribution is 5.80. The molecule has 7 aliphatic rings. The Kier molecular flexibility index (Phi) is 13.9. The van der Waals surface area contributed by atoms with E-state index in [4.69, 9.17) is 23.7 Å². The molecule has 2 saturated carbocycles. The van der Waals surface area contributed by atoms with Gasteiger partial charge in [-0.05, 0) is 78.2 Å². The van der Waals surface area contributed by atoms with Crippen molar-refractivity contribution in [1.82, 2.24) is 20.4 Å². The van der Waals surface area contributed by atoms with Gasteiger partial charge in [0.05, 0.1) is 37.1 Å². The Balaban J connectivity index is 0.928. The lowest BCUT2D eigenvalue weighted by molar-refractivity contribution is -0.479. The number of nitrogens with zero attached hydrogens (tertiary/aromatic N) is 2. The molecule has 308 valence electrons. The molecule has 3 aliphatic carbocycles. The highest BCUT2D eigenvalue weighted by Gasteiger charge is 2.53. The maximum Gasteiger partial charge on any atom is 0.230 e. The van der Waals surface area contributed by atoms with Crippen LogP contribution in [-0.4, -0.2) is 147 Å². The molecule has 10 unspecified atom stereocenters. The van der Waals surface area contributed by atoms with Gasteiger partial charge in [-0.2, -0.15) is 0 Å². The fourth-order valence-electron chi connectivity index (χ4n) is 10.5. The van der Waals surface area contributed by atoms with Crippen LogP contribution in [0.3, 0.4) is 0 Å². The van der Waals surface area contributed by atoms with Crippen LogP contribution in [0.15, 0.2) is 11.6 Å². The highest BCUT2D eigenvalue weighted by Crippen LogP contribution is 2.41. The summed E-state index contributed by atoms with van der Waals surface area (Å²) < 4.78 is 61.6. The Morgan fingerprint density at radius 2 is 1.78 bits per heavy atom. The minimum atomic E-state index is -1.03. The number of ether oxygens (including phenoxy) is 5. The van der Waals surface area contributed by atoms with Gasteiger partial charge < -0.3 is 50.1 Å². The van der Waals surface area contributed by atoms with Crippen molar-refractivity contribution >= 4 is 5.91 Å². The van der Waals surface area contributed by atoms with Gasteiger partial charge in [-0.25, -0.2) is 8.78 Å². The predicted octanol–water partition coefficient (Wildman–Crippen LogP) is 2.59. The number of halogens is 2. The van der Waals surface area contributed by atoms with Crippen LogP contribution < -0.4 is 16.4 Å². The first kappa shape index (κ1) is 40.7. The summed E-state index contributed by atoms with van der Waals surface area (Å²) in [6.07, 6.45) is 5.63. The van der Waals surface area contributed by atoms with Gasteiger partial charge in [-0.15, -0.1) is 0 Å². The van der Waals surface area contributed by atoms with Crippen LogP contribution in [-0.2, 0) is 28.5 Å². The average molecular weight is 769 g/mol. The van der Waals surface area contributed by atoms with Gasteiger partial charge in [0.1, 0.15) is 42.1 Å². The van der Waals surface area contributed by atoms with Crippen molar-refractivity contribution in [3.63, 3.8) is 0 Å². The zero-order chi connectivity index (χ0) is 37.8. The second kappa shape index (κ2) is 18.4. The first-order valence-electron chi connectivity index (χ1n) is 21.3. The molecule has 6 N–H and O–H groups in total. The normalized spacial score (nSPS) is 40.8. The largest absolute Gasteiger partial charge is 0.492 e. The number of quaternary nitrogens is 1. The van der Waals surface area contributed by atoms with Crippen molar-refractivity contribution < 1.29 is 48.1 Å². The highest BCUT2D eigenvalue weighted by atomic mass is 19.1. The van der Waals surface area contributed by atoms with Crippen LogP contribution in [0.5, 0.6) is 0 Å². The monoisotopic (exact) mass is 769 g/mol. The summed E-state index contributed by atoms with van der Waals surface area (Å²) >= 11 is 0. The number of carbonyl (C=O) groups excluding carboxylic acids is 1. The molecule has 0 spiro atoms. The van der Waals surface area contributed by atoms with Crippen molar-refractivity contribution in [2.24, 2.45) is 11.8 Å². The van der Waals surface area contributed by atoms with Crippen molar-refractivity contribution in [1.29, 1.82) is 0 Å². The molecule has 4 heterocycles. The number of aliphatic hydroxyl groups is 1. The number of nitrogens with one attached hydrogen (secondary N) is 2. The van der Waals surface area contributed by atoms with Crippen LogP contribution >= 0.6 is 0 Å². The van der Waals surface area contributed by atoms with Gasteiger partial charge in [0.15, 0.2) is 0 Å². The quantitative estimate of drug-likeness (QED) is 0.219. The van der Waals surface area contributed by atoms with Gasteiger partial charge in [-0.1, -0.05) is 0 Å². The van der Waals surface area contributed by atoms with E-state index in [1.54, 1.807) is 0 Å². The van der Waals surface area contributed by atoms with Crippen LogP contribution in [0.4, 0.5) is 8.78 Å². The second-order valence-electron chi connectivity index (χ2n) is 17.5. The number of carbonyl (C=O) groups is 1. The Bertz CT molecular complexity index is 1260. The van der Waals surface area contributed by atoms with Gasteiger partial charge in [0.2, 0.25) is 5.91 Å². The fraction of sp³-hybridized carbons (Fsp3) is 0.925. The Labute approximate surface area is 320 Å². The predicted molar refractivity (Wildman–Crippen MR) is 197 cm³/mol.